The Morgan fingerprint density at radius 3 is 1.56 bits per heavy atom. The summed E-state index contributed by atoms with van der Waals surface area (Å²) in [5.41, 5.74) is 0. The van der Waals surface area contributed by atoms with E-state index in [1.165, 1.54) is 0 Å². The average Bonchev–Trinajstić information content (AvgIpc) is 1.14. The monoisotopic (exact) mass is 217 g/mol. The summed E-state index contributed by atoms with van der Waals surface area (Å²) in [4.78, 5) is 0. The first-order chi connectivity index (χ1) is 3.71. The fourth-order valence-electron chi connectivity index (χ4n) is 0.105. The van der Waals surface area contributed by atoms with E-state index in [9.17, 15) is 19.4 Å². The van der Waals surface area contributed by atoms with Crippen LogP contribution in [0.25, 0.3) is 0 Å². The van der Waals surface area contributed by atoms with Gasteiger partial charge in [0.25, 0.3) is 0 Å². The first kappa shape index (κ1) is 9.14. The van der Waals surface area contributed by atoms with E-state index in [0.29, 0.717) is 0 Å². The number of rotatable bonds is 2. The van der Waals surface area contributed by atoms with Gasteiger partial charge in [0.2, 0.25) is 0 Å². The van der Waals surface area contributed by atoms with Crippen LogP contribution in [0.3, 0.4) is 0 Å². The molecule has 7 nitrogen and oxygen atoms in total. The van der Waals surface area contributed by atoms with Crippen molar-refractivity contribution >= 4 is 0 Å². The van der Waals surface area contributed by atoms with E-state index in [-0.39, 0.29) is 0 Å². The maximum atomic E-state index is 9.49. The molecule has 0 aliphatic heterocycles. The summed E-state index contributed by atoms with van der Waals surface area (Å²) in [6.07, 6.45) is 0. The van der Waals surface area contributed by atoms with Crippen LogP contribution in [0, 0.1) is 0 Å². The summed E-state index contributed by atoms with van der Waals surface area (Å²) in [5, 5.41) is 0. The van der Waals surface area contributed by atoms with Gasteiger partial charge in [-0.15, -0.1) is 0 Å². The van der Waals surface area contributed by atoms with Crippen LogP contribution in [0.4, 0.5) is 0 Å². The molecule has 0 radical (unpaired) electrons. The first-order valence-electron chi connectivity index (χ1n) is 1.35. The molecule has 0 saturated carbocycles. The van der Waals surface area contributed by atoms with E-state index < -0.39 is 27.2 Å². The van der Waals surface area contributed by atoms with Gasteiger partial charge >= 0.3 is 53.6 Å². The second-order valence-corrected chi connectivity index (χ2v) is 4.60. The van der Waals surface area contributed by atoms with Gasteiger partial charge in [0.1, 0.15) is 0 Å². The van der Waals surface area contributed by atoms with Gasteiger partial charge in [-0.3, -0.25) is 0 Å². The molecule has 9 heteroatoms. The van der Waals surface area contributed by atoms with Crippen molar-refractivity contribution in [3.05, 3.63) is 0 Å². The minimum atomic E-state index is -6.01. The Hall–Kier alpha value is 0.145. The molecule has 0 atom stereocenters. The van der Waals surface area contributed by atoms with Gasteiger partial charge in [0.15, 0.2) is 0 Å². The van der Waals surface area contributed by atoms with Gasteiger partial charge < -0.3 is 0 Å². The Morgan fingerprint density at radius 2 is 1.56 bits per heavy atom. The second kappa shape index (κ2) is 2.41. The topological polar surface area (TPSA) is 121 Å². The summed E-state index contributed by atoms with van der Waals surface area (Å²) in [7, 11) is 0. The Bertz CT molecular complexity index is 232. The van der Waals surface area contributed by atoms with Crippen LogP contribution in [-0.4, -0.2) is 4.16 Å². The Morgan fingerprint density at radius 1 is 1.22 bits per heavy atom. The molecule has 0 saturated heterocycles. The molecule has 0 spiro atoms. The van der Waals surface area contributed by atoms with Crippen LogP contribution in [0.5, 0.6) is 0 Å². The Balaban J connectivity index is 4.46. The Kier molecular flexibility index (Phi) is 2.45. The van der Waals surface area contributed by atoms with Crippen molar-refractivity contribution in [3.63, 3.8) is 0 Å². The van der Waals surface area contributed by atoms with Gasteiger partial charge in [-0.05, 0) is 0 Å². The Labute approximate surface area is 54.0 Å². The third-order valence-electron chi connectivity index (χ3n) is 0.169. The van der Waals surface area contributed by atoms with Crippen molar-refractivity contribution in [1.82, 2.24) is 0 Å². The normalized spacial score (nSPS) is 13.6. The molecule has 0 aliphatic carbocycles. The van der Waals surface area contributed by atoms with Crippen molar-refractivity contribution in [1.29, 1.82) is 0 Å². The molecule has 0 bridgehead atoms. The van der Waals surface area contributed by atoms with Crippen LogP contribution in [-0.2, 0) is 45.3 Å². The third kappa shape index (κ3) is 8.14. The van der Waals surface area contributed by atoms with E-state index in [0.717, 1.165) is 0 Å². The van der Waals surface area contributed by atoms with Gasteiger partial charge in [-0.25, -0.2) is 0 Å². The average molecular weight is 217 g/mol. The molecule has 0 amide bonds. The van der Waals surface area contributed by atoms with Crippen LogP contribution in [0.15, 0.2) is 0 Å². The van der Waals surface area contributed by atoms with E-state index in [1.807, 2.05) is 0 Å². The summed E-state index contributed by atoms with van der Waals surface area (Å²) in [5.74, 6) is 0. The van der Waals surface area contributed by atoms with Gasteiger partial charge in [-0.1, -0.05) is 0 Å². The van der Waals surface area contributed by atoms with Crippen molar-refractivity contribution in [2.75, 3.05) is 0 Å². The van der Waals surface area contributed by atoms with Crippen molar-refractivity contribution < 1.29 is 53.6 Å². The van der Waals surface area contributed by atoms with Gasteiger partial charge in [0.05, 0.1) is 0 Å². The standard InChI is InChI=1S/2Cr.H2O.6O/h;;1H2;;;;;;/q;+1;;;;;;;-1/p-1. The molecule has 0 aromatic rings. The molecule has 1 N–H and O–H groups in total. The van der Waals surface area contributed by atoms with E-state index >= 15 is 0 Å². The predicted molar refractivity (Wildman–Crippen MR) is 6.05 cm³/mol. The van der Waals surface area contributed by atoms with Gasteiger partial charge in [0, 0.05) is 0 Å². The van der Waals surface area contributed by atoms with Crippen molar-refractivity contribution in [2.45, 2.75) is 0 Å². The van der Waals surface area contributed by atoms with Crippen LogP contribution < -0.4 is 4.16 Å². The molecular weight excluding hydrogens is 216 g/mol. The zero-order valence-corrected chi connectivity index (χ0v) is 6.26. The van der Waals surface area contributed by atoms with E-state index in [1.54, 1.807) is 0 Å². The molecule has 0 aromatic carbocycles. The zero-order chi connectivity index (χ0) is 7.71. The van der Waals surface area contributed by atoms with Gasteiger partial charge in [-0.2, -0.15) is 0 Å². The SMILES string of the molecule is [O]=[Cr](=[O])([O-])[O][Cr](=[O])(=[O])[OH]. The fourth-order valence-corrected chi connectivity index (χ4v) is 1.79. The summed E-state index contributed by atoms with van der Waals surface area (Å²) < 4.78 is 57.6. The van der Waals surface area contributed by atoms with E-state index in [4.69, 9.17) is 4.16 Å². The quantitative estimate of drug-likeness (QED) is 0.552. The third-order valence-corrected chi connectivity index (χ3v) is 2.88. The molecule has 9 heavy (non-hydrogen) atoms. The number of hydrogen-bond acceptors (Lipinski definition) is 6. The van der Waals surface area contributed by atoms with Crippen LogP contribution >= 0.6 is 0 Å². The number of hydrogen-bond donors (Lipinski definition) is 1. The fraction of sp³-hybridized carbons (Fsp3) is 0. The molecule has 0 aliphatic rings. The molecule has 0 aromatic heterocycles. The molecule has 0 unspecified atom stereocenters. The second-order valence-electron chi connectivity index (χ2n) is 0.904. The van der Waals surface area contributed by atoms with Crippen LogP contribution in [0.1, 0.15) is 0 Å². The molecule has 0 rings (SSSR count). The summed E-state index contributed by atoms with van der Waals surface area (Å²) in [6, 6.07) is 0. The first-order valence-corrected chi connectivity index (χ1v) is 5.56. The summed E-state index contributed by atoms with van der Waals surface area (Å²) >= 11 is -11.8. The maximum absolute atomic E-state index is 9.49. The van der Waals surface area contributed by atoms with Crippen molar-refractivity contribution in [3.8, 4) is 0 Å². The van der Waals surface area contributed by atoms with E-state index in [2.05, 4.69) is 2.84 Å². The molecule has 0 heterocycles. The summed E-state index contributed by atoms with van der Waals surface area (Å²) in [6.45, 7) is 0. The minimum absolute atomic E-state index is 2.72. The van der Waals surface area contributed by atoms with Crippen LogP contribution in [0.2, 0.25) is 0 Å². The molecule has 0 fully saturated rings. The zero-order valence-electron chi connectivity index (χ0n) is 3.71. The predicted octanol–water partition coefficient (Wildman–Crippen LogP) is -2.29. The molecule has 56 valence electrons. The molecular formula is HCr2O7-. The van der Waals surface area contributed by atoms with Crippen molar-refractivity contribution in [2.24, 2.45) is 0 Å².